The number of pyridine rings is 1. The van der Waals surface area contributed by atoms with Crippen molar-refractivity contribution >= 4 is 23.7 Å². The van der Waals surface area contributed by atoms with Crippen LogP contribution >= 0.6 is 11.6 Å². The lowest BCUT2D eigenvalue weighted by atomic mass is 10.3. The van der Waals surface area contributed by atoms with Crippen LogP contribution in [0.5, 0.6) is 0 Å². The Morgan fingerprint density at radius 1 is 1.47 bits per heavy atom. The van der Waals surface area contributed by atoms with Crippen molar-refractivity contribution < 1.29 is 14.3 Å². The Hall–Kier alpha value is -1.82. The first-order chi connectivity index (χ1) is 9.11. The molecule has 0 N–H and O–H groups in total. The largest absolute Gasteiger partial charge is 0.449 e. The summed E-state index contributed by atoms with van der Waals surface area (Å²) in [5.74, 6) is 0. The molecule has 1 saturated heterocycles. The maximum atomic E-state index is 12.0. The van der Waals surface area contributed by atoms with Gasteiger partial charge in [-0.1, -0.05) is 17.7 Å². The minimum Gasteiger partial charge on any atom is -0.449 e. The van der Waals surface area contributed by atoms with Crippen molar-refractivity contribution in [1.82, 2.24) is 14.8 Å². The molecule has 0 aliphatic carbocycles. The first-order valence-electron chi connectivity index (χ1n) is 5.95. The average molecular weight is 284 g/mol. The quantitative estimate of drug-likeness (QED) is 0.797. The summed E-state index contributed by atoms with van der Waals surface area (Å²) in [4.78, 5) is 30.1. The molecule has 7 heteroatoms. The Balaban J connectivity index is 1.98. The standard InChI is InChI=1S/C12H14ClN3O3/c1-2-19-12(18)16-6-5-15(11(16)17)8-9-3-4-10(13)14-7-9/h3-4,7H,2,5-6,8H2,1H3. The third kappa shape index (κ3) is 3.14. The molecule has 0 spiro atoms. The number of ether oxygens (including phenoxy) is 1. The highest BCUT2D eigenvalue weighted by molar-refractivity contribution is 6.29. The van der Waals surface area contributed by atoms with Crippen LogP contribution in [0.4, 0.5) is 9.59 Å². The lowest BCUT2D eigenvalue weighted by Crippen LogP contribution is -2.36. The Kier molecular flexibility index (Phi) is 4.21. The summed E-state index contributed by atoms with van der Waals surface area (Å²) in [5, 5.41) is 0.407. The van der Waals surface area contributed by atoms with Crippen molar-refractivity contribution in [3.8, 4) is 0 Å². The number of urea groups is 1. The van der Waals surface area contributed by atoms with Gasteiger partial charge in [0.15, 0.2) is 0 Å². The van der Waals surface area contributed by atoms with Gasteiger partial charge in [-0.2, -0.15) is 0 Å². The fourth-order valence-corrected chi connectivity index (χ4v) is 1.93. The molecular formula is C12H14ClN3O3. The first-order valence-corrected chi connectivity index (χ1v) is 6.33. The molecule has 3 amide bonds. The van der Waals surface area contributed by atoms with Crippen molar-refractivity contribution in [2.75, 3.05) is 19.7 Å². The minimum atomic E-state index is -0.593. The Labute approximate surface area is 115 Å². The molecule has 6 nitrogen and oxygen atoms in total. The van der Waals surface area contributed by atoms with Crippen LogP contribution in [0.15, 0.2) is 18.3 Å². The van der Waals surface area contributed by atoms with Crippen molar-refractivity contribution in [1.29, 1.82) is 0 Å². The summed E-state index contributed by atoms with van der Waals surface area (Å²) in [6.07, 6.45) is 1.02. The van der Waals surface area contributed by atoms with Gasteiger partial charge in [0.05, 0.1) is 13.2 Å². The van der Waals surface area contributed by atoms with Crippen LogP contribution in [0.1, 0.15) is 12.5 Å². The van der Waals surface area contributed by atoms with Gasteiger partial charge >= 0.3 is 12.1 Å². The summed E-state index contributed by atoms with van der Waals surface area (Å²) < 4.78 is 4.82. The van der Waals surface area contributed by atoms with Gasteiger partial charge in [-0.05, 0) is 18.6 Å². The van der Waals surface area contributed by atoms with E-state index in [9.17, 15) is 9.59 Å². The molecular weight excluding hydrogens is 270 g/mol. The van der Waals surface area contributed by atoms with E-state index in [0.717, 1.165) is 10.5 Å². The van der Waals surface area contributed by atoms with E-state index in [4.69, 9.17) is 16.3 Å². The molecule has 1 fully saturated rings. The molecule has 0 atom stereocenters. The van der Waals surface area contributed by atoms with E-state index in [0.29, 0.717) is 24.8 Å². The highest BCUT2D eigenvalue weighted by Gasteiger charge is 2.33. The van der Waals surface area contributed by atoms with E-state index >= 15 is 0 Å². The second kappa shape index (κ2) is 5.88. The molecule has 1 aliphatic heterocycles. The van der Waals surface area contributed by atoms with E-state index in [1.54, 1.807) is 30.2 Å². The Morgan fingerprint density at radius 2 is 2.26 bits per heavy atom. The van der Waals surface area contributed by atoms with Crippen LogP contribution in [0.3, 0.4) is 0 Å². The molecule has 2 rings (SSSR count). The molecule has 0 saturated carbocycles. The number of hydrogen-bond acceptors (Lipinski definition) is 4. The molecule has 1 aliphatic rings. The SMILES string of the molecule is CCOC(=O)N1CCN(Cc2ccc(Cl)nc2)C1=O. The van der Waals surface area contributed by atoms with E-state index in [2.05, 4.69) is 4.98 Å². The van der Waals surface area contributed by atoms with Crippen LogP contribution in [-0.2, 0) is 11.3 Å². The summed E-state index contributed by atoms with van der Waals surface area (Å²) in [6.45, 7) is 3.19. The number of imide groups is 1. The maximum Gasteiger partial charge on any atom is 0.418 e. The number of amides is 3. The number of carbonyl (C=O) groups excluding carboxylic acids is 2. The van der Waals surface area contributed by atoms with Gasteiger partial charge < -0.3 is 9.64 Å². The molecule has 0 bridgehead atoms. The van der Waals surface area contributed by atoms with Crippen molar-refractivity contribution in [2.45, 2.75) is 13.5 Å². The van der Waals surface area contributed by atoms with Gasteiger partial charge in [0.1, 0.15) is 5.15 Å². The summed E-state index contributed by atoms with van der Waals surface area (Å²) >= 11 is 5.70. The third-order valence-corrected chi connectivity index (χ3v) is 2.97. The second-order valence-corrected chi connectivity index (χ2v) is 4.43. The normalized spacial score (nSPS) is 14.9. The van der Waals surface area contributed by atoms with Crippen LogP contribution in [-0.4, -0.2) is 46.6 Å². The molecule has 0 aromatic carbocycles. The van der Waals surface area contributed by atoms with Gasteiger partial charge in [0.2, 0.25) is 0 Å². The monoisotopic (exact) mass is 283 g/mol. The van der Waals surface area contributed by atoms with Crippen LogP contribution < -0.4 is 0 Å². The van der Waals surface area contributed by atoms with Gasteiger partial charge in [-0.3, -0.25) is 0 Å². The predicted molar refractivity (Wildman–Crippen MR) is 68.8 cm³/mol. The Bertz CT molecular complexity index is 478. The highest BCUT2D eigenvalue weighted by atomic mass is 35.5. The molecule has 19 heavy (non-hydrogen) atoms. The summed E-state index contributed by atoms with van der Waals surface area (Å²) in [7, 11) is 0. The van der Waals surface area contributed by atoms with Gasteiger partial charge in [-0.15, -0.1) is 0 Å². The molecule has 2 heterocycles. The van der Waals surface area contributed by atoms with Crippen molar-refractivity contribution in [3.63, 3.8) is 0 Å². The summed E-state index contributed by atoms with van der Waals surface area (Å²) in [5.41, 5.74) is 0.864. The van der Waals surface area contributed by atoms with Gasteiger partial charge in [0, 0.05) is 19.3 Å². The number of halogens is 1. The highest BCUT2D eigenvalue weighted by Crippen LogP contribution is 2.15. The first kappa shape index (κ1) is 13.6. The summed E-state index contributed by atoms with van der Waals surface area (Å²) in [6, 6.07) is 3.13. The average Bonchev–Trinajstić information content (AvgIpc) is 2.74. The van der Waals surface area contributed by atoms with Crippen LogP contribution in [0.2, 0.25) is 5.15 Å². The van der Waals surface area contributed by atoms with E-state index in [1.807, 2.05) is 0 Å². The lowest BCUT2D eigenvalue weighted by Gasteiger charge is -2.16. The zero-order valence-electron chi connectivity index (χ0n) is 10.5. The molecule has 0 unspecified atom stereocenters. The van der Waals surface area contributed by atoms with Crippen LogP contribution in [0, 0.1) is 0 Å². The topological polar surface area (TPSA) is 62.7 Å². The maximum absolute atomic E-state index is 12.0. The number of nitrogens with zero attached hydrogens (tertiary/aromatic N) is 3. The van der Waals surface area contributed by atoms with Gasteiger partial charge in [-0.25, -0.2) is 19.5 Å². The molecule has 0 radical (unpaired) electrons. The number of aromatic nitrogens is 1. The fourth-order valence-electron chi connectivity index (χ4n) is 1.82. The number of carbonyl (C=O) groups is 2. The molecule has 102 valence electrons. The number of rotatable bonds is 3. The molecule has 1 aromatic heterocycles. The minimum absolute atomic E-state index is 0.254. The van der Waals surface area contributed by atoms with Crippen LogP contribution in [0.25, 0.3) is 0 Å². The zero-order chi connectivity index (χ0) is 13.8. The van der Waals surface area contributed by atoms with Crippen molar-refractivity contribution in [2.24, 2.45) is 0 Å². The third-order valence-electron chi connectivity index (χ3n) is 2.75. The lowest BCUT2D eigenvalue weighted by molar-refractivity contribution is 0.119. The van der Waals surface area contributed by atoms with E-state index in [1.165, 1.54) is 0 Å². The van der Waals surface area contributed by atoms with Crippen molar-refractivity contribution in [3.05, 3.63) is 29.0 Å². The zero-order valence-corrected chi connectivity index (χ0v) is 11.3. The second-order valence-electron chi connectivity index (χ2n) is 4.04. The molecule has 1 aromatic rings. The van der Waals surface area contributed by atoms with Gasteiger partial charge in [0.25, 0.3) is 0 Å². The fraction of sp³-hybridized carbons (Fsp3) is 0.417. The number of hydrogen-bond donors (Lipinski definition) is 0. The van der Waals surface area contributed by atoms with E-state index < -0.39 is 6.09 Å². The Morgan fingerprint density at radius 3 is 2.89 bits per heavy atom. The van der Waals surface area contributed by atoms with E-state index in [-0.39, 0.29) is 12.6 Å². The predicted octanol–water partition coefficient (Wildman–Crippen LogP) is 2.13. The smallest absolute Gasteiger partial charge is 0.418 e.